The standard InChI is InChI=1S/C16H19NO4S/c1-10(2)6-7-21-12-5-4-11(8-13(12)20-3)9-14-15(18)17-16(19)22-14/h4-5,8-10H,6-7H2,1-3H3,(H,17,18,19)/b14-9-. The predicted molar refractivity (Wildman–Crippen MR) is 87.1 cm³/mol. The van der Waals surface area contributed by atoms with Crippen molar-refractivity contribution in [3.8, 4) is 11.5 Å². The molecule has 1 heterocycles. The molecule has 5 nitrogen and oxygen atoms in total. The number of benzene rings is 1. The lowest BCUT2D eigenvalue weighted by Crippen LogP contribution is -2.17. The van der Waals surface area contributed by atoms with Crippen molar-refractivity contribution in [1.82, 2.24) is 5.32 Å². The molecule has 118 valence electrons. The number of thioether (sulfide) groups is 1. The Morgan fingerprint density at radius 3 is 2.64 bits per heavy atom. The zero-order valence-corrected chi connectivity index (χ0v) is 13.7. The first-order chi connectivity index (χ1) is 10.5. The van der Waals surface area contributed by atoms with Crippen LogP contribution in [0.3, 0.4) is 0 Å². The van der Waals surface area contributed by atoms with Gasteiger partial charge in [-0.1, -0.05) is 19.9 Å². The van der Waals surface area contributed by atoms with Gasteiger partial charge in [0.25, 0.3) is 11.1 Å². The van der Waals surface area contributed by atoms with Crippen LogP contribution in [0.1, 0.15) is 25.8 Å². The minimum absolute atomic E-state index is 0.350. The summed E-state index contributed by atoms with van der Waals surface area (Å²) in [7, 11) is 1.57. The molecule has 1 aromatic rings. The number of carbonyl (C=O) groups is 2. The molecule has 6 heteroatoms. The summed E-state index contributed by atoms with van der Waals surface area (Å²) in [5, 5.41) is 1.88. The van der Waals surface area contributed by atoms with Gasteiger partial charge in [0.15, 0.2) is 11.5 Å². The monoisotopic (exact) mass is 321 g/mol. The van der Waals surface area contributed by atoms with Crippen molar-refractivity contribution >= 4 is 29.0 Å². The van der Waals surface area contributed by atoms with Crippen LogP contribution in [0.15, 0.2) is 23.1 Å². The molecule has 1 fully saturated rings. The number of hydrogen-bond acceptors (Lipinski definition) is 5. The second-order valence-corrected chi connectivity index (χ2v) is 6.31. The lowest BCUT2D eigenvalue weighted by Gasteiger charge is -2.12. The van der Waals surface area contributed by atoms with E-state index in [1.807, 2.05) is 12.1 Å². The van der Waals surface area contributed by atoms with Crippen molar-refractivity contribution in [3.05, 3.63) is 28.7 Å². The van der Waals surface area contributed by atoms with E-state index in [0.29, 0.717) is 28.9 Å². The highest BCUT2D eigenvalue weighted by Gasteiger charge is 2.25. The first kappa shape index (κ1) is 16.4. The van der Waals surface area contributed by atoms with Gasteiger partial charge >= 0.3 is 0 Å². The summed E-state index contributed by atoms with van der Waals surface area (Å²) in [6.07, 6.45) is 2.62. The molecule has 1 saturated heterocycles. The fourth-order valence-electron chi connectivity index (χ4n) is 1.87. The van der Waals surface area contributed by atoms with Crippen molar-refractivity contribution in [2.24, 2.45) is 5.92 Å². The molecular formula is C16H19NO4S. The Hall–Kier alpha value is -1.95. The zero-order chi connectivity index (χ0) is 16.1. The van der Waals surface area contributed by atoms with Gasteiger partial charge in [-0.15, -0.1) is 0 Å². The molecule has 0 atom stereocenters. The van der Waals surface area contributed by atoms with Gasteiger partial charge in [-0.05, 0) is 47.9 Å². The molecule has 0 radical (unpaired) electrons. The SMILES string of the molecule is COc1cc(/C=C2\SC(=O)NC2=O)ccc1OCCC(C)C. The molecule has 0 unspecified atom stereocenters. The molecule has 1 aliphatic heterocycles. The molecule has 0 aliphatic carbocycles. The predicted octanol–water partition coefficient (Wildman–Crippen LogP) is 3.44. The largest absolute Gasteiger partial charge is 0.493 e. The van der Waals surface area contributed by atoms with E-state index in [-0.39, 0.29) is 11.1 Å². The zero-order valence-electron chi connectivity index (χ0n) is 12.8. The highest BCUT2D eigenvalue weighted by Crippen LogP contribution is 2.31. The Kier molecular flexibility index (Phi) is 5.49. The molecule has 0 saturated carbocycles. The Morgan fingerprint density at radius 2 is 2.05 bits per heavy atom. The summed E-state index contributed by atoms with van der Waals surface area (Å²) < 4.78 is 11.0. The van der Waals surface area contributed by atoms with Gasteiger partial charge in [0.1, 0.15) is 0 Å². The fourth-order valence-corrected chi connectivity index (χ4v) is 2.55. The quantitative estimate of drug-likeness (QED) is 0.813. The molecule has 1 aromatic carbocycles. The summed E-state index contributed by atoms with van der Waals surface area (Å²) in [4.78, 5) is 23.1. The van der Waals surface area contributed by atoms with Gasteiger partial charge in [-0.25, -0.2) is 0 Å². The average Bonchev–Trinajstić information content (AvgIpc) is 2.77. The molecule has 2 rings (SSSR count). The number of imide groups is 1. The van der Waals surface area contributed by atoms with Gasteiger partial charge in [-0.2, -0.15) is 0 Å². The maximum Gasteiger partial charge on any atom is 0.290 e. The lowest BCUT2D eigenvalue weighted by atomic mass is 10.1. The van der Waals surface area contributed by atoms with Gasteiger partial charge in [-0.3, -0.25) is 14.9 Å². The highest BCUT2D eigenvalue weighted by molar-refractivity contribution is 8.18. The summed E-state index contributed by atoms with van der Waals surface area (Å²) in [5.41, 5.74) is 0.778. The number of methoxy groups -OCH3 is 1. The molecule has 22 heavy (non-hydrogen) atoms. The Balaban J connectivity index is 2.13. The van der Waals surface area contributed by atoms with Crippen LogP contribution in [0.5, 0.6) is 11.5 Å². The number of hydrogen-bond donors (Lipinski definition) is 1. The van der Waals surface area contributed by atoms with Crippen LogP contribution in [0.25, 0.3) is 6.08 Å². The van der Waals surface area contributed by atoms with Crippen molar-refractivity contribution in [1.29, 1.82) is 0 Å². The molecule has 0 spiro atoms. The van der Waals surface area contributed by atoms with E-state index >= 15 is 0 Å². The second kappa shape index (κ2) is 7.35. The summed E-state index contributed by atoms with van der Waals surface area (Å²) in [6.45, 7) is 4.91. The van der Waals surface area contributed by atoms with E-state index in [0.717, 1.165) is 23.7 Å². The van der Waals surface area contributed by atoms with E-state index in [2.05, 4.69) is 19.2 Å². The topological polar surface area (TPSA) is 64.6 Å². The summed E-state index contributed by atoms with van der Waals surface area (Å²) in [5.74, 6) is 1.48. The van der Waals surface area contributed by atoms with Crippen molar-refractivity contribution < 1.29 is 19.1 Å². The molecular weight excluding hydrogens is 302 g/mol. The summed E-state index contributed by atoms with van der Waals surface area (Å²) >= 11 is 0.893. The van der Waals surface area contributed by atoms with Gasteiger partial charge < -0.3 is 9.47 Å². The molecule has 2 amide bonds. The van der Waals surface area contributed by atoms with E-state index in [4.69, 9.17) is 9.47 Å². The normalized spacial score (nSPS) is 16.3. The van der Waals surface area contributed by atoms with Crippen LogP contribution in [0, 0.1) is 5.92 Å². The van der Waals surface area contributed by atoms with Crippen molar-refractivity contribution in [2.45, 2.75) is 20.3 Å². The number of ether oxygens (including phenoxy) is 2. The maximum absolute atomic E-state index is 11.5. The van der Waals surface area contributed by atoms with Crippen LogP contribution in [0.2, 0.25) is 0 Å². The summed E-state index contributed by atoms with van der Waals surface area (Å²) in [6, 6.07) is 5.43. The Bertz CT molecular complexity index is 610. The van der Waals surface area contributed by atoms with Gasteiger partial charge in [0.05, 0.1) is 18.6 Å². The first-order valence-corrected chi connectivity index (χ1v) is 7.87. The number of carbonyl (C=O) groups excluding carboxylic acids is 2. The van der Waals surface area contributed by atoms with Crippen LogP contribution in [-0.2, 0) is 4.79 Å². The third kappa shape index (κ3) is 4.27. The third-order valence-electron chi connectivity index (χ3n) is 3.08. The number of nitrogens with one attached hydrogen (secondary N) is 1. The smallest absolute Gasteiger partial charge is 0.290 e. The molecule has 1 N–H and O–H groups in total. The Morgan fingerprint density at radius 1 is 1.27 bits per heavy atom. The van der Waals surface area contributed by atoms with Crippen molar-refractivity contribution in [2.75, 3.05) is 13.7 Å². The van der Waals surface area contributed by atoms with Crippen LogP contribution in [0.4, 0.5) is 4.79 Å². The lowest BCUT2D eigenvalue weighted by molar-refractivity contribution is -0.115. The average molecular weight is 321 g/mol. The van der Waals surface area contributed by atoms with Gasteiger partial charge in [0, 0.05) is 0 Å². The van der Waals surface area contributed by atoms with Crippen molar-refractivity contribution in [3.63, 3.8) is 0 Å². The van der Waals surface area contributed by atoms with Gasteiger partial charge in [0.2, 0.25) is 0 Å². The molecule has 1 aliphatic rings. The van der Waals surface area contributed by atoms with Crippen LogP contribution < -0.4 is 14.8 Å². The minimum atomic E-state index is -0.369. The van der Waals surface area contributed by atoms with E-state index < -0.39 is 0 Å². The number of rotatable bonds is 6. The number of amides is 2. The molecule has 0 aromatic heterocycles. The maximum atomic E-state index is 11.5. The second-order valence-electron chi connectivity index (χ2n) is 5.29. The third-order valence-corrected chi connectivity index (χ3v) is 3.89. The Labute approximate surface area is 134 Å². The van der Waals surface area contributed by atoms with Crippen LogP contribution >= 0.6 is 11.8 Å². The van der Waals surface area contributed by atoms with E-state index in [1.165, 1.54) is 0 Å². The van der Waals surface area contributed by atoms with Crippen LogP contribution in [-0.4, -0.2) is 24.9 Å². The first-order valence-electron chi connectivity index (χ1n) is 7.05. The van der Waals surface area contributed by atoms with E-state index in [9.17, 15) is 9.59 Å². The highest BCUT2D eigenvalue weighted by atomic mass is 32.2. The minimum Gasteiger partial charge on any atom is -0.493 e. The fraction of sp³-hybridized carbons (Fsp3) is 0.375. The van der Waals surface area contributed by atoms with E-state index in [1.54, 1.807) is 19.3 Å². The molecule has 0 bridgehead atoms.